The summed E-state index contributed by atoms with van der Waals surface area (Å²) in [5, 5.41) is 0. The summed E-state index contributed by atoms with van der Waals surface area (Å²) >= 11 is 0. The van der Waals surface area contributed by atoms with Gasteiger partial charge in [-0.15, -0.1) is 0 Å². The topological polar surface area (TPSA) is 15.7 Å². The Labute approximate surface area is 398 Å². The summed E-state index contributed by atoms with van der Waals surface area (Å²) in [5.74, 6) is 2.88. The molecule has 9 aromatic rings. The lowest BCUT2D eigenvalue weighted by Gasteiger charge is -2.33. The third kappa shape index (κ3) is 8.68. The van der Waals surface area contributed by atoms with Crippen molar-refractivity contribution >= 4 is 57.2 Å². The molecule has 0 atom stereocenters. The fraction of sp³-hybridized carbons (Fsp3) is 0.143. The first-order valence-corrected chi connectivity index (χ1v) is 23.9. The zero-order valence-corrected chi connectivity index (χ0v) is 39.4. The molecule has 1 aliphatic rings. The van der Waals surface area contributed by atoms with Crippen molar-refractivity contribution in [2.24, 2.45) is 0 Å². The molecule has 0 radical (unpaired) electrons. The number of fused-ring (bicyclic) bond motifs is 2. The smallest absolute Gasteiger partial charge is 0.251 e. The Hall–Kier alpha value is -7.56. The predicted molar refractivity (Wildman–Crippen MR) is 287 cm³/mol. The SMILES string of the molecule is CC(C)c1cc(C(C)C)c(B2c3cc(-c4ccc(N(c5ccccc5)c5ccccc5)cc4)ccc3Oc3ccc(-c4ccc(N(c5ccccc5)c5ccccc5)cc4)cc32)c(C(C)C)c1. The molecule has 0 fully saturated rings. The third-order valence-electron chi connectivity index (χ3n) is 13.3. The highest BCUT2D eigenvalue weighted by molar-refractivity contribution is 6.97. The van der Waals surface area contributed by atoms with Gasteiger partial charge in [0.1, 0.15) is 11.5 Å². The molecule has 0 amide bonds. The van der Waals surface area contributed by atoms with E-state index in [1.807, 2.05) is 0 Å². The molecule has 0 spiro atoms. The van der Waals surface area contributed by atoms with Gasteiger partial charge in [-0.3, -0.25) is 0 Å². The molecule has 0 N–H and O–H groups in total. The van der Waals surface area contributed by atoms with Crippen LogP contribution in [-0.2, 0) is 0 Å². The van der Waals surface area contributed by atoms with Crippen molar-refractivity contribution in [3.8, 4) is 33.8 Å². The molecular weight excluding hydrogens is 812 g/mol. The lowest BCUT2D eigenvalue weighted by Crippen LogP contribution is -2.57. The minimum Gasteiger partial charge on any atom is -0.458 e. The number of anilines is 6. The van der Waals surface area contributed by atoms with Gasteiger partial charge in [-0.2, -0.15) is 0 Å². The maximum atomic E-state index is 6.96. The highest BCUT2D eigenvalue weighted by Crippen LogP contribution is 2.39. The first-order chi connectivity index (χ1) is 32.7. The Balaban J connectivity index is 1.09. The van der Waals surface area contributed by atoms with Crippen LogP contribution in [0.25, 0.3) is 22.3 Å². The van der Waals surface area contributed by atoms with Crippen LogP contribution < -0.4 is 30.9 Å². The second-order valence-corrected chi connectivity index (χ2v) is 18.7. The molecule has 0 unspecified atom stereocenters. The van der Waals surface area contributed by atoms with Gasteiger partial charge in [-0.05, 0) is 153 Å². The van der Waals surface area contributed by atoms with Crippen LogP contribution in [0.2, 0.25) is 0 Å². The van der Waals surface area contributed by atoms with E-state index < -0.39 is 0 Å². The van der Waals surface area contributed by atoms with E-state index in [0.29, 0.717) is 17.8 Å². The molecule has 9 aromatic carbocycles. The molecule has 4 heteroatoms. The molecule has 10 rings (SSSR count). The highest BCUT2D eigenvalue weighted by Gasteiger charge is 2.37. The summed E-state index contributed by atoms with van der Waals surface area (Å²) in [6.07, 6.45) is 0. The lowest BCUT2D eigenvalue weighted by molar-refractivity contribution is 0.487. The van der Waals surface area contributed by atoms with Crippen molar-refractivity contribution in [1.82, 2.24) is 0 Å². The standard InChI is InChI=1S/C63H57BN2O/c1-43(2)50-39-57(44(3)4)63(58(40-50)45(5)6)64-59-41-48(46-27-33-55(34-28-46)65(51-19-11-7-12-20-51)52-21-13-8-14-22-52)31-37-61(59)67-62-38-32-49(42-60(62)64)47-29-35-56(36-30-47)66(53-23-15-9-16-24-53)54-25-17-10-18-26-54/h7-45H,1-6H3. The molecule has 67 heavy (non-hydrogen) atoms. The first-order valence-electron chi connectivity index (χ1n) is 23.9. The van der Waals surface area contributed by atoms with E-state index in [2.05, 4.69) is 270 Å². The monoisotopic (exact) mass is 868 g/mol. The van der Waals surface area contributed by atoms with Gasteiger partial charge in [-0.1, -0.05) is 180 Å². The number of nitrogens with zero attached hydrogens (tertiary/aromatic N) is 2. The predicted octanol–water partition coefficient (Wildman–Crippen LogP) is 16.0. The summed E-state index contributed by atoms with van der Waals surface area (Å²) in [4.78, 5) is 4.62. The van der Waals surface area contributed by atoms with Gasteiger partial charge >= 0.3 is 0 Å². The van der Waals surface area contributed by atoms with E-state index in [1.165, 1.54) is 33.1 Å². The average Bonchev–Trinajstić information content (AvgIpc) is 3.37. The van der Waals surface area contributed by atoms with Gasteiger partial charge in [0.2, 0.25) is 0 Å². The Morgan fingerprint density at radius 1 is 0.328 bits per heavy atom. The molecule has 0 aromatic heterocycles. The molecule has 0 aliphatic carbocycles. The highest BCUT2D eigenvalue weighted by atomic mass is 16.5. The van der Waals surface area contributed by atoms with Crippen molar-refractivity contribution in [3.63, 3.8) is 0 Å². The van der Waals surface area contributed by atoms with Gasteiger partial charge in [0.25, 0.3) is 6.71 Å². The van der Waals surface area contributed by atoms with Crippen LogP contribution in [0.1, 0.15) is 76.0 Å². The van der Waals surface area contributed by atoms with E-state index in [9.17, 15) is 0 Å². The summed E-state index contributed by atoms with van der Waals surface area (Å²) in [6, 6.07) is 79.0. The van der Waals surface area contributed by atoms with E-state index >= 15 is 0 Å². The lowest BCUT2D eigenvalue weighted by atomic mass is 9.33. The van der Waals surface area contributed by atoms with Crippen molar-refractivity contribution in [2.45, 2.75) is 59.3 Å². The van der Waals surface area contributed by atoms with Gasteiger partial charge in [0.05, 0.1) is 0 Å². The molecule has 1 aliphatic heterocycles. The van der Waals surface area contributed by atoms with E-state index in [-0.39, 0.29) is 6.71 Å². The Kier molecular flexibility index (Phi) is 12.1. The third-order valence-corrected chi connectivity index (χ3v) is 13.3. The van der Waals surface area contributed by atoms with Crippen LogP contribution in [0.5, 0.6) is 11.5 Å². The van der Waals surface area contributed by atoms with Crippen LogP contribution in [0.15, 0.2) is 218 Å². The van der Waals surface area contributed by atoms with Gasteiger partial charge in [0, 0.05) is 34.1 Å². The quantitative estimate of drug-likeness (QED) is 0.114. The van der Waals surface area contributed by atoms with Gasteiger partial charge < -0.3 is 14.5 Å². The zero-order valence-electron chi connectivity index (χ0n) is 39.4. The van der Waals surface area contributed by atoms with Crippen LogP contribution in [0.3, 0.4) is 0 Å². The van der Waals surface area contributed by atoms with Crippen LogP contribution in [0, 0.1) is 0 Å². The van der Waals surface area contributed by atoms with Crippen LogP contribution in [0.4, 0.5) is 34.1 Å². The average molecular weight is 869 g/mol. The number of hydrogen-bond donors (Lipinski definition) is 0. The Bertz CT molecular complexity index is 2830. The van der Waals surface area contributed by atoms with Crippen molar-refractivity contribution in [3.05, 3.63) is 235 Å². The molecule has 0 saturated heterocycles. The minimum atomic E-state index is -0.0495. The molecular formula is C63H57BN2O. The van der Waals surface area contributed by atoms with Crippen molar-refractivity contribution < 1.29 is 4.74 Å². The molecule has 0 bridgehead atoms. The molecule has 0 saturated carbocycles. The number of hydrogen-bond acceptors (Lipinski definition) is 3. The van der Waals surface area contributed by atoms with E-state index in [1.54, 1.807) is 0 Å². The van der Waals surface area contributed by atoms with E-state index in [0.717, 1.165) is 67.9 Å². The van der Waals surface area contributed by atoms with E-state index in [4.69, 9.17) is 4.74 Å². The Morgan fingerprint density at radius 2 is 0.642 bits per heavy atom. The van der Waals surface area contributed by atoms with Crippen molar-refractivity contribution in [1.29, 1.82) is 0 Å². The number of benzene rings is 9. The first kappa shape index (κ1) is 43.3. The molecule has 328 valence electrons. The van der Waals surface area contributed by atoms with Gasteiger partial charge in [-0.25, -0.2) is 0 Å². The largest absolute Gasteiger partial charge is 0.458 e. The number of rotatable bonds is 12. The maximum absolute atomic E-state index is 6.96. The fourth-order valence-corrected chi connectivity index (χ4v) is 9.84. The Morgan fingerprint density at radius 3 is 0.955 bits per heavy atom. The van der Waals surface area contributed by atoms with Gasteiger partial charge in [0.15, 0.2) is 0 Å². The second kappa shape index (κ2) is 18.7. The molecule has 3 nitrogen and oxygen atoms in total. The summed E-state index contributed by atoms with van der Waals surface area (Å²) in [7, 11) is 0. The van der Waals surface area contributed by atoms with Crippen LogP contribution in [-0.4, -0.2) is 6.71 Å². The summed E-state index contributed by atoms with van der Waals surface area (Å²) in [5.41, 5.74) is 19.4. The van der Waals surface area contributed by atoms with Crippen LogP contribution >= 0.6 is 0 Å². The van der Waals surface area contributed by atoms with Crippen molar-refractivity contribution in [2.75, 3.05) is 9.80 Å². The number of ether oxygens (including phenoxy) is 1. The maximum Gasteiger partial charge on any atom is 0.251 e. The normalized spacial score (nSPS) is 11.9. The summed E-state index contributed by atoms with van der Waals surface area (Å²) in [6.45, 7) is 14.0. The second-order valence-electron chi connectivity index (χ2n) is 18.7. The summed E-state index contributed by atoms with van der Waals surface area (Å²) < 4.78 is 6.96. The molecule has 1 heterocycles. The fourth-order valence-electron chi connectivity index (χ4n) is 9.84. The minimum absolute atomic E-state index is 0.0495. The zero-order chi connectivity index (χ0) is 46.0. The number of para-hydroxylation sites is 4.